The number of benzene rings is 2. The lowest BCUT2D eigenvalue weighted by Crippen LogP contribution is -2.58. The number of hydrogen-bond donors (Lipinski definition) is 5. The molecule has 9 nitrogen and oxygen atoms in total. The van der Waals surface area contributed by atoms with Crippen LogP contribution in [-0.2, 0) is 32.0 Å². The van der Waals surface area contributed by atoms with Gasteiger partial charge in [-0.1, -0.05) is 80.9 Å². The average molecular weight is 483 g/mol. The van der Waals surface area contributed by atoms with Gasteiger partial charge in [0, 0.05) is 6.42 Å². The van der Waals surface area contributed by atoms with E-state index in [1.807, 2.05) is 67.6 Å². The third-order valence-corrected chi connectivity index (χ3v) is 5.76. The molecule has 0 spiro atoms. The molecule has 6 N–H and O–H groups in total. The molecule has 0 saturated carbocycles. The Bertz CT molecular complexity index is 984. The molecule has 35 heavy (non-hydrogen) atoms. The van der Waals surface area contributed by atoms with E-state index in [1.54, 1.807) is 6.92 Å². The summed E-state index contributed by atoms with van der Waals surface area (Å²) in [6.07, 6.45) is 1.07. The Morgan fingerprint density at radius 2 is 1.37 bits per heavy atom. The van der Waals surface area contributed by atoms with E-state index in [0.29, 0.717) is 12.8 Å². The van der Waals surface area contributed by atoms with E-state index in [9.17, 15) is 19.2 Å². The Morgan fingerprint density at radius 3 is 1.89 bits per heavy atom. The fourth-order valence-electron chi connectivity index (χ4n) is 3.53. The Labute approximate surface area is 205 Å². The molecule has 0 aromatic heterocycles. The minimum absolute atomic E-state index is 0.195. The van der Waals surface area contributed by atoms with Gasteiger partial charge in [0.05, 0.1) is 6.04 Å². The standard InChI is InChI=1S/C26H34N4O5/c1-3-17(2)23(26(35)28-16-22(31)32)30-25(34)21(15-19-12-8-5-9-13-19)29-24(33)20(27)14-18-10-6-4-7-11-18/h4-13,17,20-21,23H,3,14-16,27H2,1-2H3,(H,28,35)(H,29,33)(H,30,34)(H,31,32). The largest absolute Gasteiger partial charge is 0.480 e. The maximum Gasteiger partial charge on any atom is 0.322 e. The molecule has 3 amide bonds. The summed E-state index contributed by atoms with van der Waals surface area (Å²) in [6.45, 7) is 3.09. The number of nitrogens with one attached hydrogen (secondary N) is 3. The molecule has 0 bridgehead atoms. The van der Waals surface area contributed by atoms with Gasteiger partial charge in [0.15, 0.2) is 0 Å². The van der Waals surface area contributed by atoms with Gasteiger partial charge in [-0.25, -0.2) is 0 Å². The molecule has 2 rings (SSSR count). The van der Waals surface area contributed by atoms with Crippen LogP contribution >= 0.6 is 0 Å². The van der Waals surface area contributed by atoms with E-state index in [-0.39, 0.29) is 12.3 Å². The molecule has 188 valence electrons. The predicted molar refractivity (Wildman–Crippen MR) is 132 cm³/mol. The van der Waals surface area contributed by atoms with Crippen molar-refractivity contribution in [2.75, 3.05) is 6.54 Å². The second-order valence-electron chi connectivity index (χ2n) is 8.53. The van der Waals surface area contributed by atoms with Crippen LogP contribution in [0.25, 0.3) is 0 Å². The number of carboxylic acids is 1. The topological polar surface area (TPSA) is 151 Å². The van der Waals surface area contributed by atoms with Gasteiger partial charge in [-0.05, 0) is 23.5 Å². The van der Waals surface area contributed by atoms with Crippen LogP contribution in [-0.4, -0.2) is 53.5 Å². The lowest BCUT2D eigenvalue weighted by atomic mass is 9.97. The summed E-state index contributed by atoms with van der Waals surface area (Å²) in [7, 11) is 0. The van der Waals surface area contributed by atoms with Crippen LogP contribution in [0.3, 0.4) is 0 Å². The number of rotatable bonds is 13. The zero-order valence-corrected chi connectivity index (χ0v) is 20.1. The normalized spacial score (nSPS) is 14.1. The van der Waals surface area contributed by atoms with Gasteiger partial charge in [-0.3, -0.25) is 19.2 Å². The van der Waals surface area contributed by atoms with Crippen molar-refractivity contribution in [3.63, 3.8) is 0 Å². The summed E-state index contributed by atoms with van der Waals surface area (Å²) >= 11 is 0. The highest BCUT2D eigenvalue weighted by atomic mass is 16.4. The maximum absolute atomic E-state index is 13.3. The minimum Gasteiger partial charge on any atom is -0.480 e. The molecule has 4 atom stereocenters. The lowest BCUT2D eigenvalue weighted by Gasteiger charge is -2.27. The van der Waals surface area contributed by atoms with Crippen LogP contribution in [0.15, 0.2) is 60.7 Å². The first-order valence-corrected chi connectivity index (χ1v) is 11.6. The minimum atomic E-state index is -1.19. The molecule has 0 aliphatic rings. The van der Waals surface area contributed by atoms with Gasteiger partial charge in [0.2, 0.25) is 17.7 Å². The van der Waals surface area contributed by atoms with Crippen LogP contribution in [0.1, 0.15) is 31.4 Å². The molecule has 0 saturated heterocycles. The number of carbonyl (C=O) groups excluding carboxylic acids is 3. The SMILES string of the molecule is CCC(C)C(NC(=O)C(Cc1ccccc1)NC(=O)C(N)Cc1ccccc1)C(=O)NCC(=O)O. The van der Waals surface area contributed by atoms with Crippen molar-refractivity contribution in [1.82, 2.24) is 16.0 Å². The van der Waals surface area contributed by atoms with Crippen molar-refractivity contribution in [3.8, 4) is 0 Å². The first-order valence-electron chi connectivity index (χ1n) is 11.6. The van der Waals surface area contributed by atoms with Crippen LogP contribution in [0.4, 0.5) is 0 Å². The van der Waals surface area contributed by atoms with Crippen LogP contribution < -0.4 is 21.7 Å². The van der Waals surface area contributed by atoms with Gasteiger partial charge in [0.25, 0.3) is 0 Å². The molecule has 0 aliphatic carbocycles. The first-order chi connectivity index (χ1) is 16.7. The molecule has 0 fully saturated rings. The van der Waals surface area contributed by atoms with E-state index in [1.165, 1.54) is 0 Å². The van der Waals surface area contributed by atoms with Crippen molar-refractivity contribution in [1.29, 1.82) is 0 Å². The average Bonchev–Trinajstić information content (AvgIpc) is 2.85. The van der Waals surface area contributed by atoms with Crippen molar-refractivity contribution in [2.24, 2.45) is 11.7 Å². The van der Waals surface area contributed by atoms with E-state index < -0.39 is 48.4 Å². The molecular formula is C26H34N4O5. The van der Waals surface area contributed by atoms with Gasteiger partial charge in [-0.15, -0.1) is 0 Å². The summed E-state index contributed by atoms with van der Waals surface area (Å²) in [5.41, 5.74) is 7.83. The zero-order chi connectivity index (χ0) is 25.8. The summed E-state index contributed by atoms with van der Waals surface area (Å²) < 4.78 is 0. The summed E-state index contributed by atoms with van der Waals surface area (Å²) in [4.78, 5) is 49.6. The summed E-state index contributed by atoms with van der Waals surface area (Å²) in [5, 5.41) is 16.6. The van der Waals surface area contributed by atoms with Gasteiger partial charge >= 0.3 is 5.97 Å². The number of amides is 3. The maximum atomic E-state index is 13.3. The smallest absolute Gasteiger partial charge is 0.322 e. The van der Waals surface area contributed by atoms with E-state index in [0.717, 1.165) is 11.1 Å². The molecule has 2 aromatic rings. The van der Waals surface area contributed by atoms with Gasteiger partial charge in [0.1, 0.15) is 18.6 Å². The molecule has 2 aromatic carbocycles. The predicted octanol–water partition coefficient (Wildman–Crippen LogP) is 1.02. The fourth-order valence-corrected chi connectivity index (χ4v) is 3.53. The van der Waals surface area contributed by atoms with Crippen molar-refractivity contribution in [2.45, 2.75) is 51.2 Å². The Hall–Kier alpha value is -3.72. The van der Waals surface area contributed by atoms with Gasteiger partial charge in [-0.2, -0.15) is 0 Å². The lowest BCUT2D eigenvalue weighted by molar-refractivity contribution is -0.139. The number of aliphatic carboxylic acids is 1. The summed E-state index contributed by atoms with van der Waals surface area (Å²) in [5.74, 6) is -3.08. The highest BCUT2D eigenvalue weighted by Gasteiger charge is 2.31. The Balaban J connectivity index is 2.17. The Kier molecular flexibility index (Phi) is 10.9. The highest BCUT2D eigenvalue weighted by Crippen LogP contribution is 2.10. The second kappa shape index (κ2) is 13.9. The number of carbonyl (C=O) groups is 4. The molecule has 4 unspecified atom stereocenters. The van der Waals surface area contributed by atoms with Crippen LogP contribution in [0, 0.1) is 5.92 Å². The third kappa shape index (κ3) is 9.21. The molecule has 0 heterocycles. The van der Waals surface area contributed by atoms with Crippen LogP contribution in [0.2, 0.25) is 0 Å². The van der Waals surface area contributed by atoms with Crippen molar-refractivity contribution in [3.05, 3.63) is 71.8 Å². The van der Waals surface area contributed by atoms with Gasteiger partial charge < -0.3 is 26.8 Å². The third-order valence-electron chi connectivity index (χ3n) is 5.76. The Morgan fingerprint density at radius 1 is 0.829 bits per heavy atom. The van der Waals surface area contributed by atoms with E-state index >= 15 is 0 Å². The molecular weight excluding hydrogens is 448 g/mol. The van der Waals surface area contributed by atoms with Crippen molar-refractivity contribution < 1.29 is 24.3 Å². The number of hydrogen-bond acceptors (Lipinski definition) is 5. The van der Waals surface area contributed by atoms with Crippen LogP contribution in [0.5, 0.6) is 0 Å². The quantitative estimate of drug-likeness (QED) is 0.288. The van der Waals surface area contributed by atoms with E-state index in [2.05, 4.69) is 16.0 Å². The van der Waals surface area contributed by atoms with E-state index in [4.69, 9.17) is 10.8 Å². The molecule has 9 heteroatoms. The molecule has 0 aliphatic heterocycles. The zero-order valence-electron chi connectivity index (χ0n) is 20.1. The monoisotopic (exact) mass is 482 g/mol. The number of nitrogens with two attached hydrogens (primary N) is 1. The summed E-state index contributed by atoms with van der Waals surface area (Å²) in [6, 6.07) is 15.7. The first kappa shape index (κ1) is 27.5. The van der Waals surface area contributed by atoms with Crippen molar-refractivity contribution >= 4 is 23.7 Å². The number of carboxylic acid groups (broad SMARTS) is 1. The fraction of sp³-hybridized carbons (Fsp3) is 0.385. The second-order valence-corrected chi connectivity index (χ2v) is 8.53. The molecule has 0 radical (unpaired) electrons. The highest BCUT2D eigenvalue weighted by molar-refractivity contribution is 5.94.